The van der Waals surface area contributed by atoms with Crippen LogP contribution in [0.25, 0.3) is 11.3 Å². The molecule has 0 saturated heterocycles. The average molecular weight is 223 g/mol. The van der Waals surface area contributed by atoms with E-state index in [1.807, 2.05) is 30.3 Å². The quantitative estimate of drug-likeness (QED) is 0.791. The molecule has 0 aliphatic rings. The molecule has 60 valence electrons. The monoisotopic (exact) mass is 222 g/mol. The SMILES string of the molecule is Brc1ccc(-c2ccn[nH]2)cc1. The molecular formula is C9H7BrN2. The molecule has 0 bridgehead atoms. The van der Waals surface area contributed by atoms with Crippen LogP contribution in [0.15, 0.2) is 41.0 Å². The molecule has 0 saturated carbocycles. The van der Waals surface area contributed by atoms with E-state index in [0.29, 0.717) is 0 Å². The molecule has 2 nitrogen and oxygen atoms in total. The van der Waals surface area contributed by atoms with Crippen molar-refractivity contribution >= 4 is 15.9 Å². The third-order valence-corrected chi connectivity index (χ3v) is 2.18. The van der Waals surface area contributed by atoms with Crippen LogP contribution in [0.2, 0.25) is 0 Å². The van der Waals surface area contributed by atoms with E-state index in [1.54, 1.807) is 6.20 Å². The first-order valence-electron chi connectivity index (χ1n) is 3.61. The Bertz CT molecular complexity index is 351. The van der Waals surface area contributed by atoms with Crippen LogP contribution >= 0.6 is 15.9 Å². The zero-order valence-corrected chi connectivity index (χ0v) is 7.88. The molecule has 3 heteroatoms. The Labute approximate surface area is 78.8 Å². The molecule has 2 aromatic rings. The largest absolute Gasteiger partial charge is 0.278 e. The summed E-state index contributed by atoms with van der Waals surface area (Å²) >= 11 is 3.38. The maximum Gasteiger partial charge on any atom is 0.0650 e. The van der Waals surface area contributed by atoms with Crippen LogP contribution in [0, 0.1) is 0 Å². The first-order valence-corrected chi connectivity index (χ1v) is 4.41. The molecule has 0 fully saturated rings. The minimum absolute atomic E-state index is 1.04. The van der Waals surface area contributed by atoms with Crippen molar-refractivity contribution in [1.82, 2.24) is 10.2 Å². The zero-order valence-electron chi connectivity index (χ0n) is 6.29. The standard InChI is InChI=1S/C9H7BrN2/c10-8-3-1-7(2-4-8)9-5-6-11-12-9/h1-6H,(H,11,12). The second-order valence-electron chi connectivity index (χ2n) is 2.48. The highest BCUT2D eigenvalue weighted by Crippen LogP contribution is 2.18. The zero-order chi connectivity index (χ0) is 8.39. The predicted octanol–water partition coefficient (Wildman–Crippen LogP) is 2.84. The summed E-state index contributed by atoms with van der Waals surface area (Å²) in [6, 6.07) is 10.0. The number of aromatic amines is 1. The lowest BCUT2D eigenvalue weighted by Gasteiger charge is -1.95. The average Bonchev–Trinajstić information content (AvgIpc) is 2.58. The molecule has 0 unspecified atom stereocenters. The van der Waals surface area contributed by atoms with Crippen molar-refractivity contribution in [2.45, 2.75) is 0 Å². The number of rotatable bonds is 1. The summed E-state index contributed by atoms with van der Waals surface area (Å²) in [5, 5.41) is 6.79. The van der Waals surface area contributed by atoms with Gasteiger partial charge >= 0.3 is 0 Å². The molecule has 1 heterocycles. The highest BCUT2D eigenvalue weighted by molar-refractivity contribution is 9.10. The molecule has 2 rings (SSSR count). The summed E-state index contributed by atoms with van der Waals surface area (Å²) in [5.74, 6) is 0. The van der Waals surface area contributed by atoms with Gasteiger partial charge in [-0.3, -0.25) is 5.10 Å². The Kier molecular flexibility index (Phi) is 1.96. The van der Waals surface area contributed by atoms with Crippen LogP contribution in [0.3, 0.4) is 0 Å². The third kappa shape index (κ3) is 1.41. The lowest BCUT2D eigenvalue weighted by molar-refractivity contribution is 1.10. The van der Waals surface area contributed by atoms with Crippen LogP contribution < -0.4 is 0 Å². The Morgan fingerprint density at radius 3 is 2.42 bits per heavy atom. The van der Waals surface area contributed by atoms with Gasteiger partial charge in [-0.25, -0.2) is 0 Å². The highest BCUT2D eigenvalue weighted by atomic mass is 79.9. The molecule has 1 N–H and O–H groups in total. The van der Waals surface area contributed by atoms with Crippen LogP contribution in [0.5, 0.6) is 0 Å². The number of nitrogens with one attached hydrogen (secondary N) is 1. The maximum atomic E-state index is 3.88. The third-order valence-electron chi connectivity index (χ3n) is 1.66. The van der Waals surface area contributed by atoms with Gasteiger partial charge < -0.3 is 0 Å². The number of halogens is 1. The Balaban J connectivity index is 2.43. The molecule has 0 atom stereocenters. The number of H-pyrrole nitrogens is 1. The van der Waals surface area contributed by atoms with Crippen molar-refractivity contribution in [3.05, 3.63) is 41.0 Å². The maximum absolute atomic E-state index is 3.88. The molecule has 1 aromatic heterocycles. The van der Waals surface area contributed by atoms with Crippen LogP contribution in [0.1, 0.15) is 0 Å². The van der Waals surface area contributed by atoms with Gasteiger partial charge in [-0.1, -0.05) is 28.1 Å². The lowest BCUT2D eigenvalue weighted by atomic mass is 10.2. The van der Waals surface area contributed by atoms with Gasteiger partial charge in [-0.2, -0.15) is 5.10 Å². The summed E-state index contributed by atoms with van der Waals surface area (Å²) in [5.41, 5.74) is 2.19. The Hall–Kier alpha value is -1.09. The van der Waals surface area contributed by atoms with Crippen LogP contribution in [0.4, 0.5) is 0 Å². The molecule has 0 spiro atoms. The highest BCUT2D eigenvalue weighted by Gasteiger charge is 1.96. The van der Waals surface area contributed by atoms with Gasteiger partial charge in [0.1, 0.15) is 0 Å². The second kappa shape index (κ2) is 3.11. The summed E-state index contributed by atoms with van der Waals surface area (Å²) < 4.78 is 1.09. The van der Waals surface area contributed by atoms with Crippen molar-refractivity contribution in [3.63, 3.8) is 0 Å². The fourth-order valence-corrected chi connectivity index (χ4v) is 1.31. The van der Waals surface area contributed by atoms with Crippen molar-refractivity contribution in [2.75, 3.05) is 0 Å². The van der Waals surface area contributed by atoms with E-state index in [-0.39, 0.29) is 0 Å². The Morgan fingerprint density at radius 1 is 1.08 bits per heavy atom. The van der Waals surface area contributed by atoms with Gasteiger partial charge in [-0.05, 0) is 23.8 Å². The first kappa shape index (κ1) is 7.55. The molecule has 0 aliphatic carbocycles. The summed E-state index contributed by atoms with van der Waals surface area (Å²) in [7, 11) is 0. The number of aromatic nitrogens is 2. The van der Waals surface area contributed by atoms with Crippen molar-refractivity contribution in [1.29, 1.82) is 0 Å². The molecule has 12 heavy (non-hydrogen) atoms. The van der Waals surface area contributed by atoms with Gasteiger partial charge in [-0.15, -0.1) is 0 Å². The number of hydrogen-bond donors (Lipinski definition) is 1. The predicted molar refractivity (Wildman–Crippen MR) is 51.7 cm³/mol. The van der Waals surface area contributed by atoms with E-state index >= 15 is 0 Å². The van der Waals surface area contributed by atoms with Crippen LogP contribution in [-0.2, 0) is 0 Å². The van der Waals surface area contributed by atoms with Gasteiger partial charge in [0.05, 0.1) is 5.69 Å². The smallest absolute Gasteiger partial charge is 0.0650 e. The number of nitrogens with zero attached hydrogens (tertiary/aromatic N) is 1. The van der Waals surface area contributed by atoms with Gasteiger partial charge in [0.2, 0.25) is 0 Å². The minimum atomic E-state index is 1.04. The lowest BCUT2D eigenvalue weighted by Crippen LogP contribution is -1.76. The minimum Gasteiger partial charge on any atom is -0.278 e. The van der Waals surface area contributed by atoms with Crippen molar-refractivity contribution in [3.8, 4) is 11.3 Å². The molecular weight excluding hydrogens is 216 g/mol. The summed E-state index contributed by atoms with van der Waals surface area (Å²) in [6.07, 6.45) is 1.75. The van der Waals surface area contributed by atoms with E-state index in [0.717, 1.165) is 15.7 Å². The fourth-order valence-electron chi connectivity index (χ4n) is 1.05. The first-order chi connectivity index (χ1) is 5.86. The molecule has 0 aliphatic heterocycles. The van der Waals surface area contributed by atoms with E-state index in [1.165, 1.54) is 0 Å². The van der Waals surface area contributed by atoms with Crippen LogP contribution in [-0.4, -0.2) is 10.2 Å². The van der Waals surface area contributed by atoms with Gasteiger partial charge in [0.15, 0.2) is 0 Å². The summed E-state index contributed by atoms with van der Waals surface area (Å²) in [6.45, 7) is 0. The van der Waals surface area contributed by atoms with E-state index in [4.69, 9.17) is 0 Å². The van der Waals surface area contributed by atoms with E-state index < -0.39 is 0 Å². The normalized spacial score (nSPS) is 10.1. The topological polar surface area (TPSA) is 28.7 Å². The fraction of sp³-hybridized carbons (Fsp3) is 0. The van der Waals surface area contributed by atoms with Gasteiger partial charge in [0.25, 0.3) is 0 Å². The number of hydrogen-bond acceptors (Lipinski definition) is 1. The molecule has 0 amide bonds. The van der Waals surface area contributed by atoms with Gasteiger partial charge in [0, 0.05) is 10.7 Å². The summed E-state index contributed by atoms with van der Waals surface area (Å²) in [4.78, 5) is 0. The van der Waals surface area contributed by atoms with E-state index in [2.05, 4.69) is 26.1 Å². The molecule has 0 radical (unpaired) electrons. The Morgan fingerprint density at radius 2 is 1.83 bits per heavy atom. The van der Waals surface area contributed by atoms with Crippen molar-refractivity contribution in [2.24, 2.45) is 0 Å². The molecule has 1 aromatic carbocycles. The van der Waals surface area contributed by atoms with Crippen molar-refractivity contribution < 1.29 is 0 Å². The number of benzene rings is 1. The van der Waals surface area contributed by atoms with E-state index in [9.17, 15) is 0 Å². The second-order valence-corrected chi connectivity index (χ2v) is 3.39.